The third-order valence-electron chi connectivity index (χ3n) is 14.1. The van der Waals surface area contributed by atoms with Crippen molar-refractivity contribution in [3.63, 3.8) is 0 Å². The summed E-state index contributed by atoms with van der Waals surface area (Å²) in [5.41, 5.74) is 12.2. The number of nitrogens with one attached hydrogen (secondary N) is 5. The van der Waals surface area contributed by atoms with Gasteiger partial charge in [0.25, 0.3) is 11.8 Å². The summed E-state index contributed by atoms with van der Waals surface area (Å²) in [7, 11) is 0. The van der Waals surface area contributed by atoms with E-state index in [-0.39, 0.29) is 97.3 Å². The fourth-order valence-electron chi connectivity index (χ4n) is 10.1. The van der Waals surface area contributed by atoms with Gasteiger partial charge < -0.3 is 42.2 Å². The predicted molar refractivity (Wildman–Crippen MR) is 269 cm³/mol. The van der Waals surface area contributed by atoms with E-state index in [0.717, 1.165) is 32.5 Å². The molecule has 7 amide bonds. The number of ether oxygens (including phenoxy) is 1. The van der Waals surface area contributed by atoms with Crippen LogP contribution in [-0.4, -0.2) is 100 Å². The van der Waals surface area contributed by atoms with E-state index in [1.807, 2.05) is 26.0 Å². The molecule has 2 aromatic carbocycles. The maximum absolute atomic E-state index is 15.6. The number of nitrogens with zero attached hydrogens (tertiary/aromatic N) is 2. The number of pyridine rings is 1. The molecule has 8 N–H and O–H groups in total. The molecular weight excluding hydrogens is 940 g/mol. The van der Waals surface area contributed by atoms with E-state index in [9.17, 15) is 43.5 Å². The van der Waals surface area contributed by atoms with E-state index < -0.39 is 42.0 Å². The lowest BCUT2D eigenvalue weighted by Gasteiger charge is -2.32. The molecule has 0 spiro atoms. The van der Waals surface area contributed by atoms with E-state index in [1.54, 1.807) is 39.0 Å². The highest BCUT2D eigenvalue weighted by atomic mass is 19.1. The normalized spacial score (nSPS) is 19.3. The molecule has 4 aliphatic rings. The summed E-state index contributed by atoms with van der Waals surface area (Å²) in [6.45, 7) is 9.86. The van der Waals surface area contributed by atoms with Crippen LogP contribution in [0.3, 0.4) is 0 Å². The molecule has 5 atom stereocenters. The lowest BCUT2D eigenvalue weighted by molar-refractivity contribution is -0.152. The molecule has 73 heavy (non-hydrogen) atoms. The molecule has 1 aromatic heterocycles. The van der Waals surface area contributed by atoms with Crippen LogP contribution in [0.5, 0.6) is 0 Å². The number of imide groups is 1. The Morgan fingerprint density at radius 1 is 0.986 bits per heavy atom. The van der Waals surface area contributed by atoms with E-state index in [2.05, 4.69) is 26.6 Å². The van der Waals surface area contributed by atoms with Crippen molar-refractivity contribution < 1.29 is 52.6 Å². The number of urea groups is 1. The van der Waals surface area contributed by atoms with Crippen molar-refractivity contribution in [1.82, 2.24) is 31.2 Å². The highest BCUT2D eigenvalue weighted by molar-refractivity contribution is 6.13. The minimum absolute atomic E-state index is 0.110. The van der Waals surface area contributed by atoms with Gasteiger partial charge in [-0.2, -0.15) is 0 Å². The van der Waals surface area contributed by atoms with Crippen molar-refractivity contribution in [3.05, 3.63) is 99.0 Å². The van der Waals surface area contributed by atoms with Crippen molar-refractivity contribution >= 4 is 69.5 Å². The van der Waals surface area contributed by atoms with Crippen LogP contribution in [0.15, 0.2) is 59.7 Å². The van der Waals surface area contributed by atoms with Gasteiger partial charge >= 0.3 is 12.0 Å². The van der Waals surface area contributed by atoms with Crippen molar-refractivity contribution in [1.29, 1.82) is 0 Å². The molecule has 19 heteroatoms. The van der Waals surface area contributed by atoms with Gasteiger partial charge in [0.2, 0.25) is 17.7 Å². The van der Waals surface area contributed by atoms with E-state index >= 15 is 4.39 Å². The van der Waals surface area contributed by atoms with Gasteiger partial charge in [-0.25, -0.2) is 19.0 Å². The highest BCUT2D eigenvalue weighted by Crippen LogP contribution is 2.44. The Labute approximate surface area is 423 Å². The first-order valence-electron chi connectivity index (χ1n) is 25.1. The Morgan fingerprint density at radius 2 is 1.71 bits per heavy atom. The zero-order chi connectivity index (χ0) is 52.7. The fourth-order valence-corrected chi connectivity index (χ4v) is 10.1. The Bertz CT molecular complexity index is 2790. The zero-order valence-corrected chi connectivity index (χ0v) is 42.0. The number of cyclic esters (lactones) is 1. The molecule has 2 aliphatic carbocycles. The number of Topliss-reactive ketones (excluding diaryl/α,β-unsaturated/α-hetero) is 1. The summed E-state index contributed by atoms with van der Waals surface area (Å²) in [5.74, 6) is -4.24. The number of halogens is 1. The molecule has 388 valence electrons. The molecular formula is C54H65FN8O10. The molecule has 0 fully saturated rings. The number of benzene rings is 2. The molecule has 3 unspecified atom stereocenters. The Morgan fingerprint density at radius 3 is 2.40 bits per heavy atom. The standard InChI is InChI=1S/C54H65FN8O10/c1-6-33-46-39(18-17-34-30(5)38(55)25-41(47(34)46)60-49(33)35-24-36-37(42(64)23-29(35)4)27-73-53(71)50(36)68)58-26-31-13-15-32(16-14-31)59-51(69)40(11-10-21-57-54(56)72)61-52(70)48(28(2)3)62-43(65)12-8-7-9-22-63-44(66)19-20-45(63)67/h13-16,19-20,24-25,28-29,39-40,48,50,58,68H,6-12,17-18,21-23,26-27H2,1-5H3,(H,59,69)(H,61,70)(H,62,65)(H3,56,57,72)/t29?,39-,40?,48-,50?/m0/s1. The number of aliphatic hydroxyl groups excluding tert-OH is 1. The first-order chi connectivity index (χ1) is 34.9. The van der Waals surface area contributed by atoms with Crippen molar-refractivity contribution in [2.75, 3.05) is 25.0 Å². The van der Waals surface area contributed by atoms with Gasteiger partial charge in [0.05, 0.1) is 11.2 Å². The van der Waals surface area contributed by atoms with E-state index in [4.69, 9.17) is 15.5 Å². The summed E-state index contributed by atoms with van der Waals surface area (Å²) in [6.07, 6.45) is 6.58. The second-order valence-corrected chi connectivity index (χ2v) is 19.5. The number of carbonyl (C=O) groups excluding carboxylic acids is 8. The number of nitrogens with two attached hydrogens (primary N) is 1. The Balaban J connectivity index is 1.04. The lowest BCUT2D eigenvalue weighted by atomic mass is 9.79. The average Bonchev–Trinajstić information content (AvgIpc) is 3.60. The molecule has 0 bridgehead atoms. The van der Waals surface area contributed by atoms with E-state index in [0.29, 0.717) is 79.5 Å². The third kappa shape index (κ3) is 12.4. The summed E-state index contributed by atoms with van der Waals surface area (Å²) in [5, 5.41) is 26.5. The molecule has 0 radical (unpaired) electrons. The topological polar surface area (TPSA) is 268 Å². The maximum atomic E-state index is 15.6. The van der Waals surface area contributed by atoms with Crippen LogP contribution in [0.2, 0.25) is 0 Å². The molecule has 0 saturated carbocycles. The molecule has 2 aliphatic heterocycles. The number of rotatable bonds is 21. The number of anilines is 1. The zero-order valence-electron chi connectivity index (χ0n) is 42.0. The molecule has 7 rings (SSSR count). The van der Waals surface area contributed by atoms with Crippen LogP contribution in [0, 0.1) is 24.6 Å². The predicted octanol–water partition coefficient (Wildman–Crippen LogP) is 4.73. The van der Waals surface area contributed by atoms with Crippen LogP contribution >= 0.6 is 0 Å². The van der Waals surface area contributed by atoms with Crippen molar-refractivity contribution in [3.8, 4) is 0 Å². The number of esters is 1. The first-order valence-corrected chi connectivity index (χ1v) is 25.1. The number of amides is 7. The summed E-state index contributed by atoms with van der Waals surface area (Å²) >= 11 is 0. The summed E-state index contributed by atoms with van der Waals surface area (Å²) in [6, 6.07) is 5.75. The van der Waals surface area contributed by atoms with Crippen LogP contribution in [0.25, 0.3) is 16.5 Å². The smallest absolute Gasteiger partial charge is 0.340 e. The van der Waals surface area contributed by atoms with Crippen molar-refractivity contribution in [2.45, 2.75) is 130 Å². The van der Waals surface area contributed by atoms with Crippen LogP contribution in [0.4, 0.5) is 14.9 Å². The largest absolute Gasteiger partial charge is 0.458 e. The molecule has 0 saturated heterocycles. The number of hydrogen-bond donors (Lipinski definition) is 7. The Kier molecular flexibility index (Phi) is 17.4. The van der Waals surface area contributed by atoms with Gasteiger partial charge in [-0.3, -0.25) is 33.7 Å². The summed E-state index contributed by atoms with van der Waals surface area (Å²) < 4.78 is 20.7. The van der Waals surface area contributed by atoms with Gasteiger partial charge in [0.15, 0.2) is 11.9 Å². The monoisotopic (exact) mass is 1000 g/mol. The summed E-state index contributed by atoms with van der Waals surface area (Å²) in [4.78, 5) is 108. The number of unbranched alkanes of at least 4 members (excludes halogenated alkanes) is 2. The third-order valence-corrected chi connectivity index (χ3v) is 14.1. The average molecular weight is 1010 g/mol. The lowest BCUT2D eigenvalue weighted by Crippen LogP contribution is -2.54. The number of allylic oxidation sites excluding steroid dienone is 1. The number of carbonyl (C=O) groups is 8. The number of hydrogen-bond acceptors (Lipinski definition) is 12. The van der Waals surface area contributed by atoms with Gasteiger partial charge in [0.1, 0.15) is 24.5 Å². The van der Waals surface area contributed by atoms with Crippen LogP contribution in [0.1, 0.15) is 119 Å². The second-order valence-electron chi connectivity index (χ2n) is 19.5. The van der Waals surface area contributed by atoms with Crippen molar-refractivity contribution in [2.24, 2.45) is 17.6 Å². The SMILES string of the molecule is CCc1c(C2=CC3=C(COC(=O)C3O)C(=O)CC2C)nc2cc(F)c(C)c3c2c1[C@@H](NCc1ccc(NC(=O)C(CCCNC(N)=O)NC(=O)[C@@H](NC(=O)CCCCCN2C(=O)C=CC2=O)C(C)C)cc1)CC3. The first kappa shape index (κ1) is 53.7. The van der Waals surface area contributed by atoms with Gasteiger partial charge in [-0.05, 0) is 115 Å². The minimum Gasteiger partial charge on any atom is -0.458 e. The number of aliphatic hydroxyl groups is 1. The van der Waals surface area contributed by atoms with E-state index in [1.165, 1.54) is 18.2 Å². The number of primary amides is 1. The number of ketones is 1. The van der Waals surface area contributed by atoms with Gasteiger partial charge in [0, 0.05) is 79.0 Å². The molecule has 18 nitrogen and oxygen atoms in total. The number of aryl methyl sites for hydroxylation is 1. The van der Waals surface area contributed by atoms with Crippen LogP contribution < -0.4 is 32.3 Å². The Hall–Kier alpha value is -7.12. The fraction of sp³-hybridized carbons (Fsp3) is 0.463. The quantitative estimate of drug-likeness (QED) is 0.0434. The molecule has 3 aromatic rings. The molecule has 3 heterocycles. The van der Waals surface area contributed by atoms with Gasteiger partial charge in [-0.15, -0.1) is 0 Å². The second kappa shape index (κ2) is 23.6. The maximum Gasteiger partial charge on any atom is 0.340 e. The van der Waals surface area contributed by atoms with Crippen LogP contribution in [-0.2, 0) is 57.7 Å². The highest BCUT2D eigenvalue weighted by Gasteiger charge is 2.38. The number of aromatic nitrogens is 1. The minimum atomic E-state index is -1.62. The van der Waals surface area contributed by atoms with Gasteiger partial charge in [-0.1, -0.05) is 46.2 Å².